The van der Waals surface area contributed by atoms with Gasteiger partial charge in [-0.05, 0) is 50.0 Å². The summed E-state index contributed by atoms with van der Waals surface area (Å²) in [7, 11) is 1.31. The van der Waals surface area contributed by atoms with Crippen molar-refractivity contribution in [1.29, 1.82) is 0 Å². The number of halogens is 2. The van der Waals surface area contributed by atoms with Gasteiger partial charge >= 0.3 is 5.97 Å². The van der Waals surface area contributed by atoms with Gasteiger partial charge in [-0.15, -0.1) is 11.3 Å². The predicted octanol–water partition coefficient (Wildman–Crippen LogP) is 3.25. The Kier molecular flexibility index (Phi) is 5.92. The van der Waals surface area contributed by atoms with Crippen LogP contribution in [-0.2, 0) is 9.53 Å². The molecule has 4 rings (SSSR count). The lowest BCUT2D eigenvalue weighted by Gasteiger charge is -2.33. The lowest BCUT2D eigenvalue weighted by molar-refractivity contribution is -0.136. The lowest BCUT2D eigenvalue weighted by atomic mass is 9.85. The summed E-state index contributed by atoms with van der Waals surface area (Å²) in [6.07, 6.45) is 3.33. The summed E-state index contributed by atoms with van der Waals surface area (Å²) >= 11 is 1.41. The highest BCUT2D eigenvalue weighted by molar-refractivity contribution is 7.11. The van der Waals surface area contributed by atoms with Crippen molar-refractivity contribution in [3.05, 3.63) is 62.7 Å². The Balaban J connectivity index is 1.91. The van der Waals surface area contributed by atoms with Crippen molar-refractivity contribution in [2.75, 3.05) is 20.2 Å². The molecule has 1 aromatic carbocycles. The van der Waals surface area contributed by atoms with Gasteiger partial charge in [-0.2, -0.15) is 0 Å². The van der Waals surface area contributed by atoms with Gasteiger partial charge in [0.05, 0.1) is 12.7 Å². The number of carbonyl (C=O) groups excluding carboxylic acids is 1. The molecule has 1 unspecified atom stereocenters. The number of allylic oxidation sites excluding steroid dienone is 1. The third kappa shape index (κ3) is 3.75. The number of hydrogen-bond donors (Lipinski definition) is 2. The van der Waals surface area contributed by atoms with Crippen LogP contribution in [0.5, 0.6) is 0 Å². The molecule has 1 fully saturated rings. The maximum atomic E-state index is 14.4. The van der Waals surface area contributed by atoms with Crippen molar-refractivity contribution >= 4 is 23.1 Å². The average Bonchev–Trinajstić information content (AvgIpc) is 3.32. The monoisotopic (exact) mass is 432 g/mol. The van der Waals surface area contributed by atoms with E-state index >= 15 is 0 Å². The van der Waals surface area contributed by atoms with E-state index in [-0.39, 0.29) is 11.5 Å². The minimum Gasteiger partial charge on any atom is -0.466 e. The van der Waals surface area contributed by atoms with Crippen LogP contribution < -0.4 is 10.6 Å². The highest BCUT2D eigenvalue weighted by atomic mass is 32.1. The second-order valence-electron chi connectivity index (χ2n) is 7.26. The van der Waals surface area contributed by atoms with Gasteiger partial charge < -0.3 is 15.4 Å². The number of methoxy groups -OCH3 is 1. The van der Waals surface area contributed by atoms with Crippen molar-refractivity contribution in [1.82, 2.24) is 15.6 Å². The quantitative estimate of drug-likeness (QED) is 0.726. The molecule has 0 bridgehead atoms. The standard InChI is InChI=1S/C21H22F2N4O2S/c1-11-13(3-4-14(22)16(11)23)18-15(21(28)29-2)17(12-5-7-24-8-6-12)26-19(27-18)20-25-9-10-30-20/h3-4,9-10,12,18,24H,5-8H2,1-2H3,(H,26,27). The van der Waals surface area contributed by atoms with E-state index < -0.39 is 23.6 Å². The summed E-state index contributed by atoms with van der Waals surface area (Å²) in [4.78, 5) is 21.9. The third-order valence-electron chi connectivity index (χ3n) is 5.54. The molecule has 0 aliphatic carbocycles. The number of hydrogen-bond acceptors (Lipinski definition) is 7. The first kappa shape index (κ1) is 20.6. The van der Waals surface area contributed by atoms with Crippen LogP contribution in [0.1, 0.15) is 35.0 Å². The van der Waals surface area contributed by atoms with Crippen LogP contribution in [-0.4, -0.2) is 37.0 Å². The Morgan fingerprint density at radius 3 is 2.70 bits per heavy atom. The van der Waals surface area contributed by atoms with E-state index in [9.17, 15) is 13.6 Å². The van der Waals surface area contributed by atoms with E-state index in [1.165, 1.54) is 31.4 Å². The number of rotatable bonds is 4. The van der Waals surface area contributed by atoms with Crippen LogP contribution in [0.3, 0.4) is 0 Å². The van der Waals surface area contributed by atoms with Crippen LogP contribution >= 0.6 is 11.3 Å². The van der Waals surface area contributed by atoms with Crippen LogP contribution in [0.4, 0.5) is 8.78 Å². The Morgan fingerprint density at radius 1 is 1.27 bits per heavy atom. The number of nitrogens with zero attached hydrogens (tertiary/aromatic N) is 2. The second-order valence-corrected chi connectivity index (χ2v) is 8.16. The number of carbonyl (C=O) groups is 1. The van der Waals surface area contributed by atoms with E-state index in [0.29, 0.717) is 22.0 Å². The number of benzene rings is 1. The summed E-state index contributed by atoms with van der Waals surface area (Å²) in [6.45, 7) is 3.14. The molecule has 0 spiro atoms. The topological polar surface area (TPSA) is 75.6 Å². The van der Waals surface area contributed by atoms with Gasteiger partial charge in [0.15, 0.2) is 22.5 Å². The molecule has 2 aliphatic heterocycles. The van der Waals surface area contributed by atoms with Gasteiger partial charge in [-0.25, -0.2) is 18.6 Å². The first-order chi connectivity index (χ1) is 14.5. The smallest absolute Gasteiger partial charge is 0.338 e. The Bertz CT molecular complexity index is 1010. The maximum absolute atomic E-state index is 14.4. The lowest BCUT2D eigenvalue weighted by Crippen LogP contribution is -2.40. The van der Waals surface area contributed by atoms with E-state index in [1.54, 1.807) is 6.20 Å². The zero-order valence-electron chi connectivity index (χ0n) is 16.7. The molecule has 2 aliphatic rings. The molecule has 158 valence electrons. The molecule has 30 heavy (non-hydrogen) atoms. The van der Waals surface area contributed by atoms with Gasteiger partial charge in [0, 0.05) is 23.2 Å². The molecular formula is C21H22F2N4O2S. The molecule has 2 N–H and O–H groups in total. The van der Waals surface area contributed by atoms with E-state index in [4.69, 9.17) is 9.73 Å². The molecule has 2 aromatic rings. The second kappa shape index (κ2) is 8.61. The largest absolute Gasteiger partial charge is 0.466 e. The molecule has 0 amide bonds. The number of nitrogens with one attached hydrogen (secondary N) is 2. The van der Waals surface area contributed by atoms with Crippen LogP contribution in [0, 0.1) is 24.5 Å². The van der Waals surface area contributed by atoms with Crippen molar-refractivity contribution in [2.45, 2.75) is 25.8 Å². The molecule has 0 saturated carbocycles. The highest BCUT2D eigenvalue weighted by Crippen LogP contribution is 2.38. The fourth-order valence-corrected chi connectivity index (χ4v) is 4.56. The zero-order valence-corrected chi connectivity index (χ0v) is 17.5. The number of thiazole rings is 1. The van der Waals surface area contributed by atoms with Crippen molar-refractivity contribution in [3.63, 3.8) is 0 Å². The normalized spacial score (nSPS) is 20.0. The van der Waals surface area contributed by atoms with Gasteiger partial charge in [0.1, 0.15) is 6.04 Å². The SMILES string of the molecule is COC(=O)C1=C(C2CCNCC2)NC(c2nccs2)=NC1c1ccc(F)c(F)c1C. The fourth-order valence-electron chi connectivity index (χ4n) is 3.97. The van der Waals surface area contributed by atoms with Crippen LogP contribution in [0.15, 0.2) is 40.0 Å². The molecule has 1 aromatic heterocycles. The molecule has 3 heterocycles. The average molecular weight is 432 g/mol. The van der Waals surface area contributed by atoms with Gasteiger partial charge in [0.2, 0.25) is 0 Å². The number of aliphatic imine (C=N–C) groups is 1. The minimum atomic E-state index is -0.940. The Morgan fingerprint density at radius 2 is 2.03 bits per heavy atom. The number of esters is 1. The molecule has 1 atom stereocenters. The van der Waals surface area contributed by atoms with Crippen molar-refractivity contribution < 1.29 is 18.3 Å². The summed E-state index contributed by atoms with van der Waals surface area (Å²) < 4.78 is 33.2. The molecule has 0 radical (unpaired) electrons. The molecule has 1 saturated heterocycles. The Labute approximate surface area is 177 Å². The van der Waals surface area contributed by atoms with Gasteiger partial charge in [-0.1, -0.05) is 6.07 Å². The molecule has 9 heteroatoms. The zero-order chi connectivity index (χ0) is 21.3. The fraction of sp³-hybridized carbons (Fsp3) is 0.381. The van der Waals surface area contributed by atoms with Gasteiger partial charge in [-0.3, -0.25) is 4.99 Å². The van der Waals surface area contributed by atoms with Crippen LogP contribution in [0.25, 0.3) is 0 Å². The Hall–Kier alpha value is -2.65. The van der Waals surface area contributed by atoms with E-state index in [2.05, 4.69) is 15.6 Å². The summed E-state index contributed by atoms with van der Waals surface area (Å²) in [5.41, 5.74) is 1.60. The third-order valence-corrected chi connectivity index (χ3v) is 6.32. The molecular weight excluding hydrogens is 410 g/mol. The minimum absolute atomic E-state index is 0.0823. The predicted molar refractivity (Wildman–Crippen MR) is 110 cm³/mol. The summed E-state index contributed by atoms with van der Waals surface area (Å²) in [5, 5.41) is 9.13. The van der Waals surface area contributed by atoms with E-state index in [1.807, 2.05) is 5.38 Å². The van der Waals surface area contributed by atoms with Crippen molar-refractivity contribution in [3.8, 4) is 0 Å². The first-order valence-electron chi connectivity index (χ1n) is 9.73. The highest BCUT2D eigenvalue weighted by Gasteiger charge is 2.37. The number of ether oxygens (including phenoxy) is 1. The van der Waals surface area contributed by atoms with Crippen molar-refractivity contribution in [2.24, 2.45) is 10.9 Å². The van der Waals surface area contributed by atoms with E-state index in [0.717, 1.165) is 37.7 Å². The van der Waals surface area contributed by atoms with Crippen LogP contribution in [0.2, 0.25) is 0 Å². The number of amidine groups is 1. The first-order valence-corrected chi connectivity index (χ1v) is 10.6. The summed E-state index contributed by atoms with van der Waals surface area (Å²) in [6, 6.07) is 1.73. The number of piperidine rings is 1. The molecule has 6 nitrogen and oxygen atoms in total. The maximum Gasteiger partial charge on any atom is 0.338 e. The summed E-state index contributed by atoms with van der Waals surface area (Å²) in [5.74, 6) is -1.81. The number of aromatic nitrogens is 1. The van der Waals surface area contributed by atoms with Gasteiger partial charge in [0.25, 0.3) is 0 Å².